The molecule has 0 bridgehead atoms. The molecule has 0 heterocycles. The smallest absolute Gasteiger partial charge is 0.338 e. The topological polar surface area (TPSA) is 55.6 Å². The number of anilines is 2. The number of carbonyl (C=O) groups excluding carboxylic acids is 1. The third-order valence-corrected chi connectivity index (χ3v) is 3.39. The van der Waals surface area contributed by atoms with E-state index in [1.54, 1.807) is 19.1 Å². The lowest BCUT2D eigenvalue weighted by Gasteiger charge is -2.29. The molecule has 1 rings (SSSR count). The van der Waals surface area contributed by atoms with Gasteiger partial charge in [-0.1, -0.05) is 13.8 Å². The average molecular weight is 278 g/mol. The van der Waals surface area contributed by atoms with Gasteiger partial charge in [0.25, 0.3) is 0 Å². The molecule has 0 saturated carbocycles. The highest BCUT2D eigenvalue weighted by molar-refractivity contribution is 5.92. The van der Waals surface area contributed by atoms with E-state index in [2.05, 4.69) is 25.7 Å². The van der Waals surface area contributed by atoms with Gasteiger partial charge >= 0.3 is 5.97 Å². The van der Waals surface area contributed by atoms with Crippen LogP contribution >= 0.6 is 0 Å². The van der Waals surface area contributed by atoms with Gasteiger partial charge in [0.05, 0.1) is 23.5 Å². The van der Waals surface area contributed by atoms with Crippen molar-refractivity contribution < 1.29 is 9.53 Å². The first kappa shape index (κ1) is 16.3. The molecule has 0 spiro atoms. The first-order chi connectivity index (χ1) is 9.36. The predicted octanol–water partition coefficient (Wildman–Crippen LogP) is 3.32. The van der Waals surface area contributed by atoms with E-state index in [1.807, 2.05) is 13.1 Å². The molecule has 1 atom stereocenters. The molecule has 1 aromatic carbocycles. The monoisotopic (exact) mass is 278 g/mol. The van der Waals surface area contributed by atoms with Crippen LogP contribution in [0.3, 0.4) is 0 Å². The van der Waals surface area contributed by atoms with Crippen molar-refractivity contribution in [1.82, 2.24) is 0 Å². The van der Waals surface area contributed by atoms with Gasteiger partial charge in [0.1, 0.15) is 0 Å². The molecule has 1 aromatic rings. The highest BCUT2D eigenvalue weighted by atomic mass is 16.5. The largest absolute Gasteiger partial charge is 0.462 e. The standard InChI is InChI=1S/C16H26N2O2/c1-6-20-16(19)13-7-8-15(14(17)10-13)18(5)12(4)9-11(2)3/h7-8,10-12H,6,9,17H2,1-5H3. The van der Waals surface area contributed by atoms with Gasteiger partial charge in [-0.2, -0.15) is 0 Å². The quantitative estimate of drug-likeness (QED) is 0.640. The van der Waals surface area contributed by atoms with Crippen LogP contribution in [0.2, 0.25) is 0 Å². The fourth-order valence-electron chi connectivity index (χ4n) is 2.29. The lowest BCUT2D eigenvalue weighted by molar-refractivity contribution is 0.0526. The van der Waals surface area contributed by atoms with Crippen molar-refractivity contribution in [3.8, 4) is 0 Å². The van der Waals surface area contributed by atoms with Crippen molar-refractivity contribution in [2.45, 2.75) is 40.2 Å². The van der Waals surface area contributed by atoms with E-state index in [-0.39, 0.29) is 5.97 Å². The van der Waals surface area contributed by atoms with Crippen LogP contribution in [0.25, 0.3) is 0 Å². The molecule has 112 valence electrons. The van der Waals surface area contributed by atoms with Gasteiger partial charge in [-0.05, 0) is 44.4 Å². The molecule has 4 nitrogen and oxygen atoms in total. The van der Waals surface area contributed by atoms with E-state index in [4.69, 9.17) is 10.5 Å². The molecule has 0 aliphatic carbocycles. The lowest BCUT2D eigenvalue weighted by atomic mass is 10.0. The molecule has 2 N–H and O–H groups in total. The van der Waals surface area contributed by atoms with Gasteiger partial charge in [-0.3, -0.25) is 0 Å². The Kier molecular flexibility index (Phi) is 5.86. The molecule has 0 saturated heterocycles. The van der Waals surface area contributed by atoms with E-state index in [0.29, 0.717) is 29.8 Å². The van der Waals surface area contributed by atoms with Crippen molar-refractivity contribution in [2.24, 2.45) is 5.92 Å². The number of nitrogens with two attached hydrogens (primary N) is 1. The summed E-state index contributed by atoms with van der Waals surface area (Å²) in [7, 11) is 2.03. The molecule has 0 radical (unpaired) electrons. The van der Waals surface area contributed by atoms with Crippen LogP contribution in [0, 0.1) is 5.92 Å². The predicted molar refractivity (Wildman–Crippen MR) is 84.1 cm³/mol. The minimum atomic E-state index is -0.330. The summed E-state index contributed by atoms with van der Waals surface area (Å²) in [6.45, 7) is 8.75. The molecule has 0 amide bonds. The number of hydrogen-bond donors (Lipinski definition) is 1. The van der Waals surface area contributed by atoms with E-state index >= 15 is 0 Å². The number of ether oxygens (including phenoxy) is 1. The van der Waals surface area contributed by atoms with Crippen molar-refractivity contribution >= 4 is 17.3 Å². The normalized spacial score (nSPS) is 12.3. The molecule has 0 aliphatic heterocycles. The van der Waals surface area contributed by atoms with E-state index in [9.17, 15) is 4.79 Å². The molecule has 0 aromatic heterocycles. The Morgan fingerprint density at radius 3 is 2.50 bits per heavy atom. The summed E-state index contributed by atoms with van der Waals surface area (Å²) in [5.74, 6) is 0.302. The zero-order valence-corrected chi connectivity index (χ0v) is 13.1. The van der Waals surface area contributed by atoms with Crippen LogP contribution in [-0.4, -0.2) is 25.7 Å². The summed E-state index contributed by atoms with van der Waals surface area (Å²) in [6, 6.07) is 5.73. The maximum Gasteiger partial charge on any atom is 0.338 e. The van der Waals surface area contributed by atoms with Crippen LogP contribution in [0.5, 0.6) is 0 Å². The number of rotatable bonds is 6. The fraction of sp³-hybridized carbons (Fsp3) is 0.562. The summed E-state index contributed by atoms with van der Waals surface area (Å²) < 4.78 is 4.98. The third-order valence-electron chi connectivity index (χ3n) is 3.39. The Morgan fingerprint density at radius 2 is 2.00 bits per heavy atom. The van der Waals surface area contributed by atoms with E-state index < -0.39 is 0 Å². The molecule has 4 heteroatoms. The number of esters is 1. The summed E-state index contributed by atoms with van der Waals surface area (Å²) >= 11 is 0. The maximum atomic E-state index is 11.7. The number of carbonyl (C=O) groups is 1. The van der Waals surface area contributed by atoms with E-state index in [1.165, 1.54) is 0 Å². The number of nitrogen functional groups attached to an aromatic ring is 1. The second kappa shape index (κ2) is 7.17. The van der Waals surface area contributed by atoms with Crippen molar-refractivity contribution in [1.29, 1.82) is 0 Å². The Labute approximate surface area is 121 Å². The Balaban J connectivity index is 2.89. The molecule has 1 unspecified atom stereocenters. The number of benzene rings is 1. The van der Waals surface area contributed by atoms with Gasteiger partial charge in [0.2, 0.25) is 0 Å². The van der Waals surface area contributed by atoms with Crippen LogP contribution in [-0.2, 0) is 4.74 Å². The molecular weight excluding hydrogens is 252 g/mol. The number of hydrogen-bond acceptors (Lipinski definition) is 4. The zero-order valence-electron chi connectivity index (χ0n) is 13.1. The second-order valence-corrected chi connectivity index (χ2v) is 5.58. The first-order valence-electron chi connectivity index (χ1n) is 7.16. The molecule has 20 heavy (non-hydrogen) atoms. The Hall–Kier alpha value is -1.71. The van der Waals surface area contributed by atoms with Crippen LogP contribution in [0.1, 0.15) is 44.5 Å². The van der Waals surface area contributed by atoms with Gasteiger partial charge in [0.15, 0.2) is 0 Å². The van der Waals surface area contributed by atoms with E-state index in [0.717, 1.165) is 12.1 Å². The van der Waals surface area contributed by atoms with Gasteiger partial charge in [0, 0.05) is 13.1 Å². The molecule has 0 aliphatic rings. The van der Waals surface area contributed by atoms with Crippen LogP contribution in [0.15, 0.2) is 18.2 Å². The number of nitrogens with zero attached hydrogens (tertiary/aromatic N) is 1. The average Bonchev–Trinajstić information content (AvgIpc) is 2.37. The van der Waals surface area contributed by atoms with Crippen LogP contribution < -0.4 is 10.6 Å². The summed E-state index contributed by atoms with van der Waals surface area (Å²) in [4.78, 5) is 13.8. The van der Waals surface area contributed by atoms with Crippen molar-refractivity contribution in [3.63, 3.8) is 0 Å². The van der Waals surface area contributed by atoms with Crippen molar-refractivity contribution in [2.75, 3.05) is 24.3 Å². The van der Waals surface area contributed by atoms with Crippen LogP contribution in [0.4, 0.5) is 11.4 Å². The van der Waals surface area contributed by atoms with Gasteiger partial charge in [-0.15, -0.1) is 0 Å². The first-order valence-corrected chi connectivity index (χ1v) is 7.16. The van der Waals surface area contributed by atoms with Gasteiger partial charge in [-0.25, -0.2) is 4.79 Å². The summed E-state index contributed by atoms with van der Waals surface area (Å²) in [5, 5.41) is 0. The van der Waals surface area contributed by atoms with Crippen molar-refractivity contribution in [3.05, 3.63) is 23.8 Å². The summed E-state index contributed by atoms with van der Waals surface area (Å²) in [6.07, 6.45) is 1.09. The maximum absolute atomic E-state index is 11.7. The Morgan fingerprint density at radius 1 is 1.35 bits per heavy atom. The van der Waals surface area contributed by atoms with Gasteiger partial charge < -0.3 is 15.4 Å². The fourth-order valence-corrected chi connectivity index (χ4v) is 2.29. The molecular formula is C16H26N2O2. The SMILES string of the molecule is CCOC(=O)c1ccc(N(C)C(C)CC(C)C)c(N)c1. The molecule has 0 fully saturated rings. The Bertz CT molecular complexity index is 458. The lowest BCUT2D eigenvalue weighted by Crippen LogP contribution is -2.30. The summed E-state index contributed by atoms with van der Waals surface area (Å²) in [5.41, 5.74) is 8.13. The highest BCUT2D eigenvalue weighted by Gasteiger charge is 2.16. The minimum absolute atomic E-state index is 0.330. The third kappa shape index (κ3) is 4.15. The minimum Gasteiger partial charge on any atom is -0.462 e. The second-order valence-electron chi connectivity index (χ2n) is 5.58. The zero-order chi connectivity index (χ0) is 15.3. The highest BCUT2D eigenvalue weighted by Crippen LogP contribution is 2.27.